The lowest BCUT2D eigenvalue weighted by Crippen LogP contribution is -2.13. The molecule has 1 heterocycles. The molecule has 0 spiro atoms. The molecule has 0 aromatic heterocycles. The van der Waals surface area contributed by atoms with E-state index >= 15 is 0 Å². The van der Waals surface area contributed by atoms with Crippen molar-refractivity contribution in [1.82, 2.24) is 5.32 Å². The molecule has 15 heavy (non-hydrogen) atoms. The molecule has 82 valence electrons. The fraction of sp³-hybridized carbons (Fsp3) is 0.500. The number of ether oxygens (including phenoxy) is 1. The van der Waals surface area contributed by atoms with Gasteiger partial charge in [-0.3, -0.25) is 0 Å². The van der Waals surface area contributed by atoms with Gasteiger partial charge in [-0.15, -0.1) is 0 Å². The Kier molecular flexibility index (Phi) is 3.32. The van der Waals surface area contributed by atoms with Gasteiger partial charge in [0.1, 0.15) is 5.75 Å². The molecule has 0 amide bonds. The van der Waals surface area contributed by atoms with Gasteiger partial charge in [0.25, 0.3) is 0 Å². The van der Waals surface area contributed by atoms with Crippen LogP contribution in [0, 0.1) is 6.92 Å². The summed E-state index contributed by atoms with van der Waals surface area (Å²) in [6.07, 6.45) is 2.51. The largest absolute Gasteiger partial charge is 0.495 e. The first kappa shape index (κ1) is 11.0. The molecule has 1 N–H and O–H groups in total. The van der Waals surface area contributed by atoms with Crippen molar-refractivity contribution < 1.29 is 4.74 Å². The van der Waals surface area contributed by atoms with Gasteiger partial charge < -0.3 is 10.1 Å². The zero-order valence-electron chi connectivity index (χ0n) is 9.14. The van der Waals surface area contributed by atoms with Crippen molar-refractivity contribution in [2.45, 2.75) is 25.8 Å². The molecule has 1 aliphatic rings. The second kappa shape index (κ2) is 4.54. The van der Waals surface area contributed by atoms with E-state index in [-0.39, 0.29) is 0 Å². The van der Waals surface area contributed by atoms with Crippen LogP contribution in [0.25, 0.3) is 0 Å². The van der Waals surface area contributed by atoms with E-state index < -0.39 is 0 Å². The maximum absolute atomic E-state index is 5.33. The van der Waals surface area contributed by atoms with Crippen molar-refractivity contribution in [2.24, 2.45) is 0 Å². The van der Waals surface area contributed by atoms with Crippen LogP contribution in [0.3, 0.4) is 0 Å². The lowest BCUT2D eigenvalue weighted by atomic mass is 10.0. The molecular weight excluding hydrogens is 254 g/mol. The van der Waals surface area contributed by atoms with E-state index in [4.69, 9.17) is 4.74 Å². The number of rotatable bonds is 2. The Morgan fingerprint density at radius 2 is 2.27 bits per heavy atom. The lowest BCUT2D eigenvalue weighted by molar-refractivity contribution is 0.408. The van der Waals surface area contributed by atoms with Gasteiger partial charge in [0, 0.05) is 6.04 Å². The van der Waals surface area contributed by atoms with Gasteiger partial charge in [0.05, 0.1) is 11.6 Å². The summed E-state index contributed by atoms with van der Waals surface area (Å²) in [6.45, 7) is 3.22. The molecule has 1 aromatic carbocycles. The molecule has 2 rings (SSSR count). The van der Waals surface area contributed by atoms with Crippen LogP contribution in [-0.4, -0.2) is 13.7 Å². The third-order valence-corrected chi connectivity index (χ3v) is 3.51. The molecule has 1 unspecified atom stereocenters. The average molecular weight is 270 g/mol. The van der Waals surface area contributed by atoms with Gasteiger partial charge in [-0.2, -0.15) is 0 Å². The van der Waals surface area contributed by atoms with Gasteiger partial charge in [0.15, 0.2) is 0 Å². The fourth-order valence-electron chi connectivity index (χ4n) is 2.19. The van der Waals surface area contributed by atoms with Crippen molar-refractivity contribution in [3.05, 3.63) is 27.7 Å². The van der Waals surface area contributed by atoms with Crippen LogP contribution in [0.2, 0.25) is 0 Å². The second-order valence-corrected chi connectivity index (χ2v) is 4.86. The standard InChI is InChI=1S/C12H16BrNO/c1-8-6-9(11-4-3-5-14-11)7-10(13)12(8)15-2/h6-7,11,14H,3-5H2,1-2H3. The van der Waals surface area contributed by atoms with Crippen LogP contribution in [-0.2, 0) is 0 Å². The zero-order valence-corrected chi connectivity index (χ0v) is 10.7. The van der Waals surface area contributed by atoms with Crippen LogP contribution in [0.15, 0.2) is 16.6 Å². The predicted molar refractivity (Wildman–Crippen MR) is 65.4 cm³/mol. The molecular formula is C12H16BrNO. The predicted octanol–water partition coefficient (Wildman–Crippen LogP) is 3.19. The minimum absolute atomic E-state index is 0.519. The number of benzene rings is 1. The highest BCUT2D eigenvalue weighted by atomic mass is 79.9. The maximum atomic E-state index is 5.33. The van der Waals surface area contributed by atoms with E-state index in [2.05, 4.69) is 40.3 Å². The highest BCUT2D eigenvalue weighted by Gasteiger charge is 2.18. The van der Waals surface area contributed by atoms with Crippen LogP contribution in [0.1, 0.15) is 30.0 Å². The Hall–Kier alpha value is -0.540. The Morgan fingerprint density at radius 1 is 1.47 bits per heavy atom. The van der Waals surface area contributed by atoms with Gasteiger partial charge in [0.2, 0.25) is 0 Å². The van der Waals surface area contributed by atoms with Crippen LogP contribution >= 0.6 is 15.9 Å². The second-order valence-electron chi connectivity index (χ2n) is 4.00. The SMILES string of the molecule is COc1c(C)cc(C2CCCN2)cc1Br. The average Bonchev–Trinajstić information content (AvgIpc) is 2.69. The van der Waals surface area contributed by atoms with E-state index in [9.17, 15) is 0 Å². The van der Waals surface area contributed by atoms with Gasteiger partial charge in [-0.05, 0) is 59.4 Å². The number of methoxy groups -OCH3 is 1. The first-order valence-corrected chi connectivity index (χ1v) is 6.09. The molecule has 3 heteroatoms. The summed E-state index contributed by atoms with van der Waals surface area (Å²) in [5.74, 6) is 0.941. The summed E-state index contributed by atoms with van der Waals surface area (Å²) in [7, 11) is 1.71. The molecule has 0 radical (unpaired) electrons. The lowest BCUT2D eigenvalue weighted by Gasteiger charge is -2.14. The molecule has 0 saturated carbocycles. The van der Waals surface area contributed by atoms with E-state index in [1.54, 1.807) is 7.11 Å². The summed E-state index contributed by atoms with van der Waals surface area (Å²) in [5.41, 5.74) is 2.55. The summed E-state index contributed by atoms with van der Waals surface area (Å²) >= 11 is 3.55. The summed E-state index contributed by atoms with van der Waals surface area (Å²) in [5, 5.41) is 3.50. The van der Waals surface area contributed by atoms with Crippen molar-refractivity contribution in [2.75, 3.05) is 13.7 Å². The maximum Gasteiger partial charge on any atom is 0.135 e. The summed E-state index contributed by atoms with van der Waals surface area (Å²) < 4.78 is 6.38. The Balaban J connectivity index is 2.33. The van der Waals surface area contributed by atoms with Gasteiger partial charge in [-0.25, -0.2) is 0 Å². The monoisotopic (exact) mass is 269 g/mol. The third kappa shape index (κ3) is 2.18. The highest BCUT2D eigenvalue weighted by molar-refractivity contribution is 9.10. The molecule has 1 saturated heterocycles. The Labute approximate surface area is 99.1 Å². The van der Waals surface area contributed by atoms with Crippen molar-refractivity contribution >= 4 is 15.9 Å². The van der Waals surface area contributed by atoms with Crippen molar-refractivity contribution in [3.63, 3.8) is 0 Å². The molecule has 1 fully saturated rings. The molecule has 2 nitrogen and oxygen atoms in total. The normalized spacial score (nSPS) is 20.6. The summed E-state index contributed by atoms with van der Waals surface area (Å²) in [6, 6.07) is 4.90. The van der Waals surface area contributed by atoms with E-state index in [0.717, 1.165) is 16.8 Å². The zero-order chi connectivity index (χ0) is 10.8. The minimum atomic E-state index is 0.519. The van der Waals surface area contributed by atoms with E-state index in [1.807, 2.05) is 0 Å². The number of nitrogens with one attached hydrogen (secondary N) is 1. The summed E-state index contributed by atoms with van der Waals surface area (Å²) in [4.78, 5) is 0. The van der Waals surface area contributed by atoms with Crippen molar-refractivity contribution in [3.8, 4) is 5.75 Å². The topological polar surface area (TPSA) is 21.3 Å². The first-order valence-electron chi connectivity index (χ1n) is 5.30. The van der Waals surface area contributed by atoms with Crippen LogP contribution < -0.4 is 10.1 Å². The molecule has 1 aliphatic heterocycles. The molecule has 1 aromatic rings. The number of hydrogen-bond acceptors (Lipinski definition) is 2. The molecule has 0 bridgehead atoms. The van der Waals surface area contributed by atoms with Crippen molar-refractivity contribution in [1.29, 1.82) is 0 Å². The first-order chi connectivity index (χ1) is 7.22. The van der Waals surface area contributed by atoms with E-state index in [0.29, 0.717) is 6.04 Å². The Morgan fingerprint density at radius 3 is 2.80 bits per heavy atom. The van der Waals surface area contributed by atoms with Gasteiger partial charge >= 0.3 is 0 Å². The van der Waals surface area contributed by atoms with Crippen LogP contribution in [0.5, 0.6) is 5.75 Å². The highest BCUT2D eigenvalue weighted by Crippen LogP contribution is 2.34. The Bertz CT molecular complexity index is 336. The molecule has 1 atom stereocenters. The minimum Gasteiger partial charge on any atom is -0.495 e. The number of hydrogen-bond donors (Lipinski definition) is 1. The number of halogens is 1. The molecule has 0 aliphatic carbocycles. The smallest absolute Gasteiger partial charge is 0.135 e. The quantitative estimate of drug-likeness (QED) is 0.891. The van der Waals surface area contributed by atoms with E-state index in [1.165, 1.54) is 24.0 Å². The van der Waals surface area contributed by atoms with Crippen LogP contribution in [0.4, 0.5) is 0 Å². The fourth-order valence-corrected chi connectivity index (χ4v) is 2.93. The third-order valence-electron chi connectivity index (χ3n) is 2.92. The van der Waals surface area contributed by atoms with Gasteiger partial charge in [-0.1, -0.05) is 6.07 Å². The number of aryl methyl sites for hydroxylation is 1.